The lowest BCUT2D eigenvalue weighted by Crippen LogP contribution is -2.27. The molecule has 1 aromatic carbocycles. The van der Waals surface area contributed by atoms with Crippen molar-refractivity contribution in [3.05, 3.63) is 101 Å². The minimum Gasteiger partial charge on any atom is -0.461 e. The molecule has 41 heavy (non-hydrogen) atoms. The first-order chi connectivity index (χ1) is 19.4. The maximum Gasteiger partial charge on any atom is 0.416 e. The van der Waals surface area contributed by atoms with Crippen LogP contribution < -0.4 is 10.6 Å². The van der Waals surface area contributed by atoms with Crippen LogP contribution >= 0.6 is 0 Å². The molecule has 3 heterocycles. The first kappa shape index (κ1) is 27.9. The third-order valence-electron chi connectivity index (χ3n) is 6.79. The zero-order chi connectivity index (χ0) is 29.5. The summed E-state index contributed by atoms with van der Waals surface area (Å²) in [4.78, 5) is 8.33. The molecule has 0 spiro atoms. The standard InChI is InChI=1S/C29H25F5N6O/c1-15-5-4-6-36-28(39-19-8-18(29(32,33)34)9-20(10-19)40-13-17(3)37-14-40)22(12-35)27(15)41-24-11-23(30)26-21(25(24)31)7-16(2)38-26/h4,6-11,13-15,21,25,38H,5H2,1-3H3,(H,36,39)/b6-4+,27-22+. The van der Waals surface area contributed by atoms with Crippen molar-refractivity contribution in [3.63, 3.8) is 0 Å². The molecule has 0 bridgehead atoms. The number of anilines is 1. The monoisotopic (exact) mass is 568 g/mol. The number of imidazole rings is 1. The number of allylic oxidation sites excluding steroid dienone is 7. The number of hydrogen-bond donors (Lipinski definition) is 2. The Morgan fingerprint density at radius 2 is 2.00 bits per heavy atom. The number of benzene rings is 1. The Labute approximate surface area is 232 Å². The lowest BCUT2D eigenvalue weighted by atomic mass is 9.94. The van der Waals surface area contributed by atoms with E-state index in [0.717, 1.165) is 18.2 Å². The highest BCUT2D eigenvalue weighted by atomic mass is 19.4. The number of alkyl halides is 4. The van der Waals surface area contributed by atoms with Crippen LogP contribution in [0.15, 0.2) is 94.5 Å². The van der Waals surface area contributed by atoms with E-state index in [4.69, 9.17) is 4.74 Å². The van der Waals surface area contributed by atoms with Gasteiger partial charge in [0.1, 0.15) is 29.0 Å². The van der Waals surface area contributed by atoms with Crippen LogP contribution in [-0.4, -0.2) is 21.6 Å². The van der Waals surface area contributed by atoms with E-state index in [1.165, 1.54) is 23.2 Å². The van der Waals surface area contributed by atoms with Crippen LogP contribution in [0.25, 0.3) is 5.69 Å². The van der Waals surface area contributed by atoms with E-state index in [9.17, 15) is 22.8 Å². The molecule has 3 atom stereocenters. The molecule has 2 N–H and O–H groups in total. The summed E-state index contributed by atoms with van der Waals surface area (Å²) in [6.07, 6.45) is 2.54. The molecule has 1 aliphatic carbocycles. The van der Waals surface area contributed by atoms with Crippen LogP contribution in [0, 0.1) is 30.1 Å². The SMILES string of the molecule is CC1=CC2C(=C(F)C=C(O/C3=C(C#N)/C(Nc4cc(-n5cnc(C)c5)cc(C(F)(F)F)c4)=N/C=C/CC3C)C2F)N1. The van der Waals surface area contributed by atoms with Gasteiger partial charge < -0.3 is 19.9 Å². The molecule has 0 fully saturated rings. The van der Waals surface area contributed by atoms with E-state index in [1.54, 1.807) is 39.1 Å². The van der Waals surface area contributed by atoms with Crippen LogP contribution in [0.2, 0.25) is 0 Å². The minimum atomic E-state index is -4.66. The quantitative estimate of drug-likeness (QED) is 0.392. The number of aliphatic imine (C=N–C) groups is 1. The number of ether oxygens (including phenoxy) is 1. The molecule has 7 nitrogen and oxygen atoms in total. The maximum absolute atomic E-state index is 15.5. The van der Waals surface area contributed by atoms with Crippen molar-refractivity contribution in [3.8, 4) is 11.8 Å². The third kappa shape index (κ3) is 5.66. The number of aromatic nitrogens is 2. The fraction of sp³-hybridized carbons (Fsp3) is 0.276. The molecule has 0 amide bonds. The number of nitrogens with zero attached hydrogens (tertiary/aromatic N) is 4. The summed E-state index contributed by atoms with van der Waals surface area (Å²) in [5, 5.41) is 15.8. The molecular weight excluding hydrogens is 543 g/mol. The van der Waals surface area contributed by atoms with Crippen LogP contribution in [0.5, 0.6) is 0 Å². The van der Waals surface area contributed by atoms with Gasteiger partial charge in [0.25, 0.3) is 0 Å². The van der Waals surface area contributed by atoms with Gasteiger partial charge in [-0.1, -0.05) is 19.1 Å². The first-order valence-electron chi connectivity index (χ1n) is 12.7. The minimum absolute atomic E-state index is 0.00911. The topological polar surface area (TPSA) is 87.3 Å². The van der Waals surface area contributed by atoms with Crippen molar-refractivity contribution in [2.24, 2.45) is 16.8 Å². The average molecular weight is 569 g/mol. The Kier molecular flexibility index (Phi) is 7.29. The second-order valence-corrected chi connectivity index (χ2v) is 9.98. The average Bonchev–Trinajstić information content (AvgIpc) is 3.53. The van der Waals surface area contributed by atoms with Crippen molar-refractivity contribution >= 4 is 11.5 Å². The van der Waals surface area contributed by atoms with Gasteiger partial charge in [-0.3, -0.25) is 0 Å². The van der Waals surface area contributed by atoms with E-state index in [2.05, 4.69) is 20.6 Å². The first-order valence-corrected chi connectivity index (χ1v) is 12.7. The van der Waals surface area contributed by atoms with E-state index in [1.807, 2.05) is 6.07 Å². The molecule has 0 radical (unpaired) electrons. The smallest absolute Gasteiger partial charge is 0.416 e. The lowest BCUT2D eigenvalue weighted by molar-refractivity contribution is -0.137. The molecule has 2 aliphatic heterocycles. The highest BCUT2D eigenvalue weighted by Crippen LogP contribution is 2.40. The molecule has 5 rings (SSSR count). The predicted molar refractivity (Wildman–Crippen MR) is 143 cm³/mol. The van der Waals surface area contributed by atoms with Crippen molar-refractivity contribution in [2.75, 3.05) is 5.32 Å². The van der Waals surface area contributed by atoms with Crippen molar-refractivity contribution in [2.45, 2.75) is 39.5 Å². The van der Waals surface area contributed by atoms with Gasteiger partial charge in [0.2, 0.25) is 0 Å². The van der Waals surface area contributed by atoms with Crippen molar-refractivity contribution < 1.29 is 26.7 Å². The Hall–Kier alpha value is -4.66. The summed E-state index contributed by atoms with van der Waals surface area (Å²) in [5.74, 6) is -2.50. The Morgan fingerprint density at radius 1 is 1.22 bits per heavy atom. The second kappa shape index (κ2) is 10.7. The third-order valence-corrected chi connectivity index (χ3v) is 6.79. The zero-order valence-electron chi connectivity index (χ0n) is 22.2. The Morgan fingerprint density at radius 3 is 2.68 bits per heavy atom. The number of nitriles is 1. The highest BCUT2D eigenvalue weighted by Gasteiger charge is 2.39. The van der Waals surface area contributed by atoms with Crippen LogP contribution in [0.4, 0.5) is 27.6 Å². The van der Waals surface area contributed by atoms with Crippen molar-refractivity contribution in [1.29, 1.82) is 5.26 Å². The molecule has 0 saturated heterocycles. The van der Waals surface area contributed by atoms with Crippen LogP contribution in [0.3, 0.4) is 0 Å². The second-order valence-electron chi connectivity index (χ2n) is 9.98. The number of fused-ring (bicyclic) bond motifs is 1. The van der Waals surface area contributed by atoms with Crippen LogP contribution in [-0.2, 0) is 10.9 Å². The molecule has 2 aromatic rings. The summed E-state index contributed by atoms with van der Waals surface area (Å²) in [5.41, 5.74) is 0.391. The fourth-order valence-corrected chi connectivity index (χ4v) is 4.79. The van der Waals surface area contributed by atoms with Gasteiger partial charge in [-0.25, -0.2) is 18.8 Å². The fourth-order valence-electron chi connectivity index (χ4n) is 4.79. The molecule has 3 unspecified atom stereocenters. The number of nitrogens with one attached hydrogen (secondary N) is 2. The highest BCUT2D eigenvalue weighted by molar-refractivity contribution is 6.11. The largest absolute Gasteiger partial charge is 0.461 e. The van der Waals surface area contributed by atoms with Crippen LogP contribution in [0.1, 0.15) is 31.5 Å². The number of halogens is 5. The van der Waals surface area contributed by atoms with Crippen molar-refractivity contribution in [1.82, 2.24) is 14.9 Å². The van der Waals surface area contributed by atoms with Gasteiger partial charge in [-0.2, -0.15) is 18.4 Å². The Balaban J connectivity index is 1.55. The summed E-state index contributed by atoms with van der Waals surface area (Å²) in [6, 6.07) is 5.31. The molecule has 1 aromatic heterocycles. The maximum atomic E-state index is 15.5. The van der Waals surface area contributed by atoms with Gasteiger partial charge in [-0.15, -0.1) is 0 Å². The van der Waals surface area contributed by atoms with Gasteiger partial charge >= 0.3 is 6.18 Å². The lowest BCUT2D eigenvalue weighted by Gasteiger charge is -2.27. The summed E-state index contributed by atoms with van der Waals surface area (Å²) in [7, 11) is 0. The van der Waals surface area contributed by atoms with Gasteiger partial charge in [-0.05, 0) is 38.5 Å². The Bertz CT molecular complexity index is 1620. The number of aryl methyl sites for hydroxylation is 1. The van der Waals surface area contributed by atoms with E-state index in [-0.39, 0.29) is 40.0 Å². The summed E-state index contributed by atoms with van der Waals surface area (Å²) < 4.78 is 79.1. The summed E-state index contributed by atoms with van der Waals surface area (Å²) >= 11 is 0. The molecule has 12 heteroatoms. The number of rotatable bonds is 4. The van der Waals surface area contributed by atoms with Gasteiger partial charge in [0.15, 0.2) is 12.0 Å². The van der Waals surface area contributed by atoms with Gasteiger partial charge in [0, 0.05) is 41.5 Å². The molecule has 3 aliphatic rings. The van der Waals surface area contributed by atoms with E-state index < -0.39 is 35.6 Å². The number of hydrogen-bond acceptors (Lipinski definition) is 6. The molecule has 0 saturated carbocycles. The zero-order valence-corrected chi connectivity index (χ0v) is 22.2. The molecule has 212 valence electrons. The predicted octanol–water partition coefficient (Wildman–Crippen LogP) is 6.90. The summed E-state index contributed by atoms with van der Waals surface area (Å²) in [6.45, 7) is 5.13. The number of amidine groups is 1. The van der Waals surface area contributed by atoms with Gasteiger partial charge in [0.05, 0.1) is 29.2 Å². The molecular formula is C29H25F5N6O. The van der Waals surface area contributed by atoms with E-state index in [0.29, 0.717) is 17.8 Å². The van der Waals surface area contributed by atoms with E-state index >= 15 is 4.39 Å². The normalized spacial score (nSPS) is 26.4.